The smallest absolute Gasteiger partial charge is 0.317 e. The molecule has 0 amide bonds. The van der Waals surface area contributed by atoms with Crippen LogP contribution >= 0.6 is 0 Å². The van der Waals surface area contributed by atoms with E-state index in [1.54, 1.807) is 12.4 Å². The molecular formula is C13H10N2O2. The van der Waals surface area contributed by atoms with Crippen molar-refractivity contribution >= 4 is 17.0 Å². The monoisotopic (exact) mass is 226 g/mol. The van der Waals surface area contributed by atoms with Gasteiger partial charge in [-0.2, -0.15) is 0 Å². The van der Waals surface area contributed by atoms with Gasteiger partial charge in [0.25, 0.3) is 0 Å². The van der Waals surface area contributed by atoms with Crippen molar-refractivity contribution in [2.75, 3.05) is 7.11 Å². The standard InChI is InChI=1S/C13H10N2O2/c1-17-13(16)4-2-3-10-5-6-11-12(9-10)15-8-7-14-11/h5-9H,4H2,1H3. The number of esters is 1. The fourth-order valence-electron chi connectivity index (χ4n) is 1.33. The van der Waals surface area contributed by atoms with Crippen molar-refractivity contribution in [2.45, 2.75) is 6.42 Å². The van der Waals surface area contributed by atoms with E-state index in [2.05, 4.69) is 26.5 Å². The summed E-state index contributed by atoms with van der Waals surface area (Å²) >= 11 is 0. The molecule has 0 unspecified atom stereocenters. The highest BCUT2D eigenvalue weighted by atomic mass is 16.5. The lowest BCUT2D eigenvalue weighted by molar-refractivity contribution is -0.139. The fourth-order valence-corrected chi connectivity index (χ4v) is 1.33. The van der Waals surface area contributed by atoms with Crippen molar-refractivity contribution in [1.29, 1.82) is 0 Å². The maximum absolute atomic E-state index is 10.9. The third-order valence-corrected chi connectivity index (χ3v) is 2.16. The van der Waals surface area contributed by atoms with Crippen LogP contribution in [0.3, 0.4) is 0 Å². The normalized spacial score (nSPS) is 9.47. The first-order valence-corrected chi connectivity index (χ1v) is 5.06. The SMILES string of the molecule is COC(=O)CC#Cc1ccc2nccnc2c1. The van der Waals surface area contributed by atoms with Crippen LogP contribution in [-0.2, 0) is 9.53 Å². The summed E-state index contributed by atoms with van der Waals surface area (Å²) in [6, 6.07) is 5.54. The molecule has 17 heavy (non-hydrogen) atoms. The molecule has 0 radical (unpaired) electrons. The molecule has 1 heterocycles. The predicted octanol–water partition coefficient (Wildman–Crippen LogP) is 1.54. The van der Waals surface area contributed by atoms with Crippen molar-refractivity contribution in [3.8, 4) is 11.8 Å². The Morgan fingerprint density at radius 2 is 2.06 bits per heavy atom. The summed E-state index contributed by atoms with van der Waals surface area (Å²) in [5, 5.41) is 0. The van der Waals surface area contributed by atoms with E-state index in [9.17, 15) is 4.79 Å². The number of fused-ring (bicyclic) bond motifs is 1. The molecule has 2 aromatic rings. The van der Waals surface area contributed by atoms with Gasteiger partial charge in [-0.1, -0.05) is 11.8 Å². The number of nitrogens with zero attached hydrogens (tertiary/aromatic N) is 2. The number of methoxy groups -OCH3 is 1. The molecule has 84 valence electrons. The lowest BCUT2D eigenvalue weighted by atomic mass is 10.2. The molecule has 0 saturated heterocycles. The number of carbonyl (C=O) groups excluding carboxylic acids is 1. The van der Waals surface area contributed by atoms with Gasteiger partial charge in [-0.15, -0.1) is 0 Å². The molecule has 0 aliphatic heterocycles. The van der Waals surface area contributed by atoms with E-state index >= 15 is 0 Å². The Morgan fingerprint density at radius 3 is 2.82 bits per heavy atom. The zero-order valence-corrected chi connectivity index (χ0v) is 9.30. The van der Waals surface area contributed by atoms with Crippen LogP contribution in [-0.4, -0.2) is 23.0 Å². The molecule has 1 aromatic carbocycles. The topological polar surface area (TPSA) is 52.1 Å². The average molecular weight is 226 g/mol. The second-order valence-corrected chi connectivity index (χ2v) is 3.31. The van der Waals surface area contributed by atoms with E-state index in [0.29, 0.717) is 0 Å². The highest BCUT2D eigenvalue weighted by Crippen LogP contribution is 2.09. The highest BCUT2D eigenvalue weighted by molar-refractivity contribution is 5.76. The highest BCUT2D eigenvalue weighted by Gasteiger charge is 1.96. The number of benzene rings is 1. The Balaban J connectivity index is 2.22. The Kier molecular flexibility index (Phi) is 3.31. The van der Waals surface area contributed by atoms with Crippen molar-refractivity contribution in [2.24, 2.45) is 0 Å². The first kappa shape index (κ1) is 11.1. The van der Waals surface area contributed by atoms with Crippen LogP contribution in [0.5, 0.6) is 0 Å². The van der Waals surface area contributed by atoms with Gasteiger partial charge in [0, 0.05) is 18.0 Å². The van der Waals surface area contributed by atoms with E-state index in [4.69, 9.17) is 0 Å². The summed E-state index contributed by atoms with van der Waals surface area (Å²) in [4.78, 5) is 19.2. The molecule has 0 atom stereocenters. The maximum atomic E-state index is 10.9. The van der Waals surface area contributed by atoms with Crippen LogP contribution in [0.15, 0.2) is 30.6 Å². The molecule has 0 saturated carbocycles. The molecule has 4 heteroatoms. The summed E-state index contributed by atoms with van der Waals surface area (Å²) in [5.74, 6) is 5.29. The Bertz CT molecular complexity index is 611. The van der Waals surface area contributed by atoms with Crippen LogP contribution in [0.25, 0.3) is 11.0 Å². The van der Waals surface area contributed by atoms with Gasteiger partial charge in [0.05, 0.1) is 18.1 Å². The molecule has 0 N–H and O–H groups in total. The summed E-state index contributed by atoms with van der Waals surface area (Å²) in [6.45, 7) is 0. The van der Waals surface area contributed by atoms with Gasteiger partial charge in [-0.25, -0.2) is 0 Å². The minimum absolute atomic E-state index is 0.0923. The molecule has 0 spiro atoms. The van der Waals surface area contributed by atoms with E-state index in [0.717, 1.165) is 16.6 Å². The summed E-state index contributed by atoms with van der Waals surface area (Å²) in [5.41, 5.74) is 2.42. The van der Waals surface area contributed by atoms with Gasteiger partial charge in [0.1, 0.15) is 6.42 Å². The average Bonchev–Trinajstić information content (AvgIpc) is 2.38. The van der Waals surface area contributed by atoms with Gasteiger partial charge >= 0.3 is 5.97 Å². The lowest BCUT2D eigenvalue weighted by Crippen LogP contribution is -1.97. The van der Waals surface area contributed by atoms with Crippen molar-refractivity contribution < 1.29 is 9.53 Å². The first-order chi connectivity index (χ1) is 8.29. The number of hydrogen-bond donors (Lipinski definition) is 0. The van der Waals surface area contributed by atoms with Crippen LogP contribution in [0, 0.1) is 11.8 Å². The minimum Gasteiger partial charge on any atom is -0.468 e. The van der Waals surface area contributed by atoms with Gasteiger partial charge in [-0.05, 0) is 18.2 Å². The van der Waals surface area contributed by atoms with Crippen LogP contribution in [0.2, 0.25) is 0 Å². The Labute approximate surface area is 98.7 Å². The van der Waals surface area contributed by atoms with Crippen LogP contribution in [0.1, 0.15) is 12.0 Å². The summed E-state index contributed by atoms with van der Waals surface area (Å²) in [7, 11) is 1.34. The number of aromatic nitrogens is 2. The molecule has 1 aromatic heterocycles. The zero-order chi connectivity index (χ0) is 12.1. The van der Waals surface area contributed by atoms with Crippen LogP contribution < -0.4 is 0 Å². The Morgan fingerprint density at radius 1 is 1.29 bits per heavy atom. The summed E-state index contributed by atoms with van der Waals surface area (Å²) < 4.78 is 4.49. The van der Waals surface area contributed by atoms with E-state index in [-0.39, 0.29) is 12.4 Å². The molecule has 0 fully saturated rings. The fraction of sp³-hybridized carbons (Fsp3) is 0.154. The van der Waals surface area contributed by atoms with Crippen molar-refractivity contribution in [3.05, 3.63) is 36.2 Å². The molecule has 0 aliphatic carbocycles. The second kappa shape index (κ2) is 5.08. The second-order valence-electron chi connectivity index (χ2n) is 3.31. The molecule has 0 aliphatic rings. The minimum atomic E-state index is -0.335. The Hall–Kier alpha value is -2.41. The largest absolute Gasteiger partial charge is 0.468 e. The predicted molar refractivity (Wildman–Crippen MR) is 63.0 cm³/mol. The maximum Gasteiger partial charge on any atom is 0.317 e. The number of ether oxygens (including phenoxy) is 1. The molecule has 4 nitrogen and oxygen atoms in total. The van der Waals surface area contributed by atoms with E-state index in [1.807, 2.05) is 18.2 Å². The lowest BCUT2D eigenvalue weighted by Gasteiger charge is -1.95. The van der Waals surface area contributed by atoms with E-state index < -0.39 is 0 Å². The summed E-state index contributed by atoms with van der Waals surface area (Å²) in [6.07, 6.45) is 3.37. The van der Waals surface area contributed by atoms with Gasteiger partial charge in [-0.3, -0.25) is 14.8 Å². The third kappa shape index (κ3) is 2.79. The third-order valence-electron chi connectivity index (χ3n) is 2.16. The van der Waals surface area contributed by atoms with Gasteiger partial charge < -0.3 is 4.74 Å². The zero-order valence-electron chi connectivity index (χ0n) is 9.30. The van der Waals surface area contributed by atoms with Crippen molar-refractivity contribution in [3.63, 3.8) is 0 Å². The van der Waals surface area contributed by atoms with Gasteiger partial charge in [0.2, 0.25) is 0 Å². The quantitative estimate of drug-likeness (QED) is 0.546. The van der Waals surface area contributed by atoms with Crippen LogP contribution in [0.4, 0.5) is 0 Å². The van der Waals surface area contributed by atoms with E-state index in [1.165, 1.54) is 7.11 Å². The molecular weight excluding hydrogens is 216 g/mol. The number of hydrogen-bond acceptors (Lipinski definition) is 4. The first-order valence-electron chi connectivity index (χ1n) is 5.06. The molecule has 2 rings (SSSR count). The number of carbonyl (C=O) groups is 1. The van der Waals surface area contributed by atoms with Crippen molar-refractivity contribution in [1.82, 2.24) is 9.97 Å². The number of rotatable bonds is 1. The van der Waals surface area contributed by atoms with Gasteiger partial charge in [0.15, 0.2) is 0 Å². The molecule has 0 bridgehead atoms.